The van der Waals surface area contributed by atoms with E-state index >= 15 is 0 Å². The zero-order valence-electron chi connectivity index (χ0n) is 14.5. The Morgan fingerprint density at radius 3 is 2.35 bits per heavy atom. The molecule has 2 aromatic rings. The van der Waals surface area contributed by atoms with Crippen LogP contribution in [-0.4, -0.2) is 17.2 Å². The molecule has 0 spiro atoms. The summed E-state index contributed by atoms with van der Waals surface area (Å²) in [5, 5.41) is 10.7. The zero-order chi connectivity index (χ0) is 17.9. The van der Waals surface area contributed by atoms with Gasteiger partial charge in [-0.2, -0.15) is 0 Å². The number of hydrogen-bond donors (Lipinski definition) is 1. The molecule has 0 amide bonds. The van der Waals surface area contributed by atoms with Crippen LogP contribution >= 0.6 is 0 Å². The maximum atomic E-state index is 12.5. The van der Waals surface area contributed by atoms with Crippen LogP contribution in [0.5, 0.6) is 0 Å². The fourth-order valence-corrected chi connectivity index (χ4v) is 3.63. The van der Waals surface area contributed by atoms with Crippen LogP contribution in [-0.2, 0) is 9.53 Å². The lowest BCUT2D eigenvalue weighted by atomic mass is 9.86. The van der Waals surface area contributed by atoms with Crippen molar-refractivity contribution in [1.82, 2.24) is 0 Å². The van der Waals surface area contributed by atoms with E-state index in [2.05, 4.69) is 0 Å². The highest BCUT2D eigenvalue weighted by molar-refractivity contribution is 5.93. The Hall–Kier alpha value is -2.81. The Labute approximate surface area is 153 Å². The van der Waals surface area contributed by atoms with Crippen LogP contribution in [0.3, 0.4) is 0 Å². The van der Waals surface area contributed by atoms with E-state index in [4.69, 9.17) is 4.74 Å². The first-order chi connectivity index (χ1) is 12.7. The topological polar surface area (TPSA) is 46.5 Å². The molecule has 132 valence electrons. The van der Waals surface area contributed by atoms with E-state index in [1.807, 2.05) is 72.8 Å². The Kier molecular flexibility index (Phi) is 4.61. The second-order valence-electron chi connectivity index (χ2n) is 6.97. The molecule has 3 nitrogen and oxygen atoms in total. The van der Waals surface area contributed by atoms with E-state index in [0.29, 0.717) is 17.9 Å². The van der Waals surface area contributed by atoms with Crippen LogP contribution in [0.2, 0.25) is 0 Å². The smallest absolute Gasteiger partial charge is 0.338 e. The van der Waals surface area contributed by atoms with E-state index in [-0.39, 0.29) is 17.6 Å². The Bertz CT molecular complexity index is 832. The van der Waals surface area contributed by atoms with Crippen LogP contribution in [0.4, 0.5) is 0 Å². The van der Waals surface area contributed by atoms with Crippen LogP contribution < -0.4 is 0 Å². The molecule has 0 saturated heterocycles. The summed E-state index contributed by atoms with van der Waals surface area (Å²) in [5.74, 6) is 0.0855. The number of hydrogen-bond acceptors (Lipinski definition) is 3. The predicted molar refractivity (Wildman–Crippen MR) is 102 cm³/mol. The van der Waals surface area contributed by atoms with Gasteiger partial charge in [0, 0.05) is 12.3 Å². The molecule has 2 aliphatic rings. The van der Waals surface area contributed by atoms with Crippen LogP contribution in [0.25, 0.3) is 6.08 Å². The molecule has 4 rings (SSSR count). The van der Waals surface area contributed by atoms with Crippen molar-refractivity contribution < 1.29 is 14.6 Å². The van der Waals surface area contributed by atoms with Gasteiger partial charge in [-0.3, -0.25) is 0 Å². The lowest BCUT2D eigenvalue weighted by Gasteiger charge is -2.16. The first kappa shape index (κ1) is 16.6. The molecule has 2 unspecified atom stereocenters. The maximum Gasteiger partial charge on any atom is 0.338 e. The number of aliphatic hydroxyl groups is 1. The number of carbonyl (C=O) groups excluding carboxylic acids is 1. The van der Waals surface area contributed by atoms with Gasteiger partial charge in [0.1, 0.15) is 5.76 Å². The summed E-state index contributed by atoms with van der Waals surface area (Å²) in [6, 6.07) is 19.9. The van der Waals surface area contributed by atoms with Crippen LogP contribution in [0, 0.1) is 5.92 Å². The number of aliphatic hydroxyl groups excluding tert-OH is 1. The SMILES string of the molecule is O=C1OC(C/C=C/c2ccccc2)C(O)=C1C(c1ccccc1)C1CC1. The molecular weight excluding hydrogens is 324 g/mol. The molecule has 2 atom stereocenters. The largest absolute Gasteiger partial charge is 0.508 e. The second kappa shape index (κ2) is 7.20. The third-order valence-corrected chi connectivity index (χ3v) is 5.07. The molecule has 1 N–H and O–H groups in total. The number of carbonyl (C=O) groups is 1. The Morgan fingerprint density at radius 1 is 1.04 bits per heavy atom. The van der Waals surface area contributed by atoms with Gasteiger partial charge >= 0.3 is 5.97 Å². The van der Waals surface area contributed by atoms with Crippen molar-refractivity contribution in [2.75, 3.05) is 0 Å². The van der Waals surface area contributed by atoms with Gasteiger partial charge in [0.2, 0.25) is 0 Å². The highest BCUT2D eigenvalue weighted by Gasteiger charge is 2.44. The van der Waals surface area contributed by atoms with E-state index in [1.165, 1.54) is 0 Å². The van der Waals surface area contributed by atoms with Crippen molar-refractivity contribution in [3.05, 3.63) is 89.2 Å². The monoisotopic (exact) mass is 346 g/mol. The average Bonchev–Trinajstić information content (AvgIpc) is 3.46. The maximum absolute atomic E-state index is 12.5. The lowest BCUT2D eigenvalue weighted by molar-refractivity contribution is -0.140. The molecule has 0 bridgehead atoms. The summed E-state index contributed by atoms with van der Waals surface area (Å²) >= 11 is 0. The van der Waals surface area contributed by atoms with Gasteiger partial charge < -0.3 is 9.84 Å². The number of esters is 1. The molecule has 3 heteroatoms. The minimum atomic E-state index is -0.581. The van der Waals surface area contributed by atoms with Crippen LogP contribution in [0.15, 0.2) is 78.1 Å². The third-order valence-electron chi connectivity index (χ3n) is 5.07. The molecule has 1 saturated carbocycles. The van der Waals surface area contributed by atoms with Crippen molar-refractivity contribution >= 4 is 12.0 Å². The summed E-state index contributed by atoms with van der Waals surface area (Å²) < 4.78 is 5.49. The second-order valence-corrected chi connectivity index (χ2v) is 6.97. The molecule has 1 aliphatic carbocycles. The van der Waals surface area contributed by atoms with Gasteiger partial charge in [-0.05, 0) is 29.9 Å². The van der Waals surface area contributed by atoms with Gasteiger partial charge in [0.15, 0.2) is 6.10 Å². The van der Waals surface area contributed by atoms with Crippen LogP contribution in [0.1, 0.15) is 36.3 Å². The average molecular weight is 346 g/mol. The highest BCUT2D eigenvalue weighted by atomic mass is 16.6. The number of cyclic esters (lactones) is 1. The first-order valence-corrected chi connectivity index (χ1v) is 9.14. The molecule has 26 heavy (non-hydrogen) atoms. The quantitative estimate of drug-likeness (QED) is 0.747. The van der Waals surface area contributed by atoms with Gasteiger partial charge in [0.25, 0.3) is 0 Å². The van der Waals surface area contributed by atoms with E-state index in [1.54, 1.807) is 0 Å². The molecule has 0 radical (unpaired) electrons. The van der Waals surface area contributed by atoms with Gasteiger partial charge in [0.05, 0.1) is 5.57 Å². The molecular formula is C23H22O3. The summed E-state index contributed by atoms with van der Waals surface area (Å²) in [4.78, 5) is 12.5. The normalized spacial score (nSPS) is 21.2. The number of ether oxygens (including phenoxy) is 1. The summed E-state index contributed by atoms with van der Waals surface area (Å²) in [5.41, 5.74) is 2.62. The van der Waals surface area contributed by atoms with E-state index in [0.717, 1.165) is 24.0 Å². The molecule has 1 fully saturated rings. The fourth-order valence-electron chi connectivity index (χ4n) is 3.63. The number of rotatable bonds is 6. The first-order valence-electron chi connectivity index (χ1n) is 9.14. The van der Waals surface area contributed by atoms with Gasteiger partial charge in [-0.1, -0.05) is 72.8 Å². The third kappa shape index (κ3) is 3.43. The number of benzene rings is 2. The van der Waals surface area contributed by atoms with Gasteiger partial charge in [-0.15, -0.1) is 0 Å². The van der Waals surface area contributed by atoms with Crippen molar-refractivity contribution in [3.8, 4) is 0 Å². The minimum absolute atomic E-state index is 0.0631. The van der Waals surface area contributed by atoms with Crippen molar-refractivity contribution in [2.45, 2.75) is 31.3 Å². The molecule has 2 aromatic carbocycles. The Balaban J connectivity index is 1.55. The molecule has 1 aliphatic heterocycles. The zero-order valence-corrected chi connectivity index (χ0v) is 14.5. The van der Waals surface area contributed by atoms with Crippen molar-refractivity contribution in [1.29, 1.82) is 0 Å². The molecule has 1 heterocycles. The van der Waals surface area contributed by atoms with Crippen molar-refractivity contribution in [2.24, 2.45) is 5.92 Å². The minimum Gasteiger partial charge on any atom is -0.508 e. The standard InChI is InChI=1S/C23H22O3/c24-22-19(13-7-10-16-8-3-1-4-9-16)26-23(25)21(22)20(18-14-15-18)17-11-5-2-6-12-17/h1-12,18-20,24H,13-15H2/b10-7+. The fraction of sp³-hybridized carbons (Fsp3) is 0.261. The Morgan fingerprint density at radius 2 is 1.69 bits per heavy atom. The van der Waals surface area contributed by atoms with Gasteiger partial charge in [-0.25, -0.2) is 4.79 Å². The summed E-state index contributed by atoms with van der Waals surface area (Å²) in [7, 11) is 0. The highest BCUT2D eigenvalue weighted by Crippen LogP contribution is 2.49. The predicted octanol–water partition coefficient (Wildman–Crippen LogP) is 5.02. The molecule has 0 aromatic heterocycles. The van der Waals surface area contributed by atoms with Crippen molar-refractivity contribution in [3.63, 3.8) is 0 Å². The van der Waals surface area contributed by atoms with E-state index in [9.17, 15) is 9.90 Å². The summed E-state index contributed by atoms with van der Waals surface area (Å²) in [6.07, 6.45) is 5.99. The lowest BCUT2D eigenvalue weighted by Crippen LogP contribution is -2.12. The van der Waals surface area contributed by atoms with E-state index < -0.39 is 6.10 Å². The summed E-state index contributed by atoms with van der Waals surface area (Å²) in [6.45, 7) is 0.